The summed E-state index contributed by atoms with van der Waals surface area (Å²) < 4.78 is 80.4. The number of urea groups is 1. The minimum atomic E-state index is -4.98. The number of hydrogen-bond donors (Lipinski definition) is 0. The number of hydrogen-bond acceptors (Lipinski definition) is 3. The van der Waals surface area contributed by atoms with Crippen molar-refractivity contribution in [2.75, 3.05) is 20.1 Å². The molecule has 0 saturated carbocycles. The molecule has 1 aromatic heterocycles. The molecular formula is C25H27F6N3O2S. The lowest BCUT2D eigenvalue weighted by Gasteiger charge is -2.46. The monoisotopic (exact) mass is 547 g/mol. The van der Waals surface area contributed by atoms with Crippen LogP contribution in [0.3, 0.4) is 0 Å². The zero-order valence-electron chi connectivity index (χ0n) is 20.7. The molecule has 2 saturated heterocycles. The van der Waals surface area contributed by atoms with Crippen LogP contribution in [-0.2, 0) is 17.1 Å². The standard InChI is InChI=1S/C25H27F6N3O2S/c1-13-12-37-22(14(13)2)21-19-5-6-20(35)33(19)7-8-34(21)23(36)32(4)15(3)16-9-17(24(26,27)28)11-18(10-16)25(29,30)31/h9-12,15,19,21H,5-8H2,1-4H3/t15-,19+,21-/m1/s1. The number of rotatable bonds is 3. The number of benzene rings is 1. The van der Waals surface area contributed by atoms with E-state index in [1.165, 1.54) is 30.2 Å². The maximum absolute atomic E-state index is 13.8. The van der Waals surface area contributed by atoms with E-state index >= 15 is 0 Å². The Hall–Kier alpha value is -2.76. The van der Waals surface area contributed by atoms with Gasteiger partial charge in [0.25, 0.3) is 0 Å². The van der Waals surface area contributed by atoms with E-state index in [0.717, 1.165) is 16.0 Å². The van der Waals surface area contributed by atoms with Gasteiger partial charge in [-0.25, -0.2) is 4.79 Å². The lowest BCUT2D eigenvalue weighted by Crippen LogP contribution is -2.57. The fourth-order valence-corrected chi connectivity index (χ4v) is 6.34. The zero-order valence-corrected chi connectivity index (χ0v) is 21.5. The molecule has 0 spiro atoms. The Kier molecular flexibility index (Phi) is 7.02. The smallest absolute Gasteiger partial charge is 0.335 e. The summed E-state index contributed by atoms with van der Waals surface area (Å²) in [6.07, 6.45) is -9.04. The van der Waals surface area contributed by atoms with Crippen molar-refractivity contribution in [3.8, 4) is 0 Å². The van der Waals surface area contributed by atoms with E-state index < -0.39 is 41.6 Å². The fraction of sp³-hybridized carbons (Fsp3) is 0.520. The maximum Gasteiger partial charge on any atom is 0.416 e. The van der Waals surface area contributed by atoms with Gasteiger partial charge in [0.2, 0.25) is 5.91 Å². The van der Waals surface area contributed by atoms with Crippen LogP contribution in [0.25, 0.3) is 0 Å². The van der Waals surface area contributed by atoms with E-state index in [1.54, 1.807) is 9.80 Å². The highest BCUT2D eigenvalue weighted by atomic mass is 32.1. The Bertz CT molecular complexity index is 1180. The molecule has 0 N–H and O–H groups in total. The van der Waals surface area contributed by atoms with Gasteiger partial charge in [-0.15, -0.1) is 11.3 Å². The van der Waals surface area contributed by atoms with Gasteiger partial charge in [-0.1, -0.05) is 0 Å². The molecule has 202 valence electrons. The van der Waals surface area contributed by atoms with E-state index in [9.17, 15) is 35.9 Å². The second-order valence-corrected chi connectivity index (χ2v) is 10.6. The molecule has 2 aliphatic rings. The molecule has 0 radical (unpaired) electrons. The van der Waals surface area contributed by atoms with Crippen molar-refractivity contribution in [2.24, 2.45) is 0 Å². The van der Waals surface area contributed by atoms with E-state index in [0.29, 0.717) is 31.5 Å². The molecule has 0 aliphatic carbocycles. The second kappa shape index (κ2) is 9.52. The number of carbonyl (C=O) groups excluding carboxylic acids is 2. The van der Waals surface area contributed by atoms with Crippen LogP contribution in [0.4, 0.5) is 31.1 Å². The Morgan fingerprint density at radius 2 is 1.65 bits per heavy atom. The summed E-state index contributed by atoms with van der Waals surface area (Å²) in [6.45, 7) is 5.81. The third kappa shape index (κ3) is 5.04. The molecule has 3 amide bonds. The van der Waals surface area contributed by atoms with Gasteiger partial charge in [0.15, 0.2) is 0 Å². The van der Waals surface area contributed by atoms with Crippen molar-refractivity contribution >= 4 is 23.3 Å². The minimum Gasteiger partial charge on any atom is -0.335 e. The van der Waals surface area contributed by atoms with Gasteiger partial charge in [-0.05, 0) is 67.5 Å². The third-order valence-corrected chi connectivity index (χ3v) is 8.74. The highest BCUT2D eigenvalue weighted by Gasteiger charge is 2.47. The van der Waals surface area contributed by atoms with E-state index in [4.69, 9.17) is 0 Å². The Morgan fingerprint density at radius 1 is 1.05 bits per heavy atom. The quantitative estimate of drug-likeness (QED) is 0.409. The topological polar surface area (TPSA) is 43.9 Å². The molecule has 0 unspecified atom stereocenters. The zero-order chi connectivity index (χ0) is 27.4. The number of carbonyl (C=O) groups is 2. The molecule has 2 aromatic rings. The van der Waals surface area contributed by atoms with Crippen LogP contribution in [0.15, 0.2) is 23.6 Å². The van der Waals surface area contributed by atoms with Crippen molar-refractivity contribution < 1.29 is 35.9 Å². The first-order chi connectivity index (χ1) is 17.1. The van der Waals surface area contributed by atoms with Gasteiger partial charge in [-0.2, -0.15) is 26.3 Å². The van der Waals surface area contributed by atoms with Gasteiger partial charge < -0.3 is 14.7 Å². The van der Waals surface area contributed by atoms with Crippen LogP contribution >= 0.6 is 11.3 Å². The van der Waals surface area contributed by atoms with Gasteiger partial charge >= 0.3 is 18.4 Å². The molecule has 5 nitrogen and oxygen atoms in total. The van der Waals surface area contributed by atoms with Gasteiger partial charge in [0.1, 0.15) is 0 Å². The molecule has 4 rings (SSSR count). The van der Waals surface area contributed by atoms with Gasteiger partial charge in [-0.3, -0.25) is 4.79 Å². The SMILES string of the molecule is Cc1csc([C@H]2[C@@H]3CCC(=O)N3CCN2C(=O)N(C)[C@H](C)c2cc(C(F)(F)F)cc(C(F)(F)F)c2)c1C. The molecule has 2 aliphatic heterocycles. The largest absolute Gasteiger partial charge is 0.416 e. The predicted molar refractivity (Wildman–Crippen MR) is 126 cm³/mol. The van der Waals surface area contributed by atoms with E-state index in [1.807, 2.05) is 19.2 Å². The second-order valence-electron chi connectivity index (χ2n) is 9.65. The number of alkyl halides is 6. The highest BCUT2D eigenvalue weighted by molar-refractivity contribution is 7.10. The summed E-state index contributed by atoms with van der Waals surface area (Å²) >= 11 is 1.48. The summed E-state index contributed by atoms with van der Waals surface area (Å²) in [5.41, 5.74) is -1.08. The molecule has 12 heteroatoms. The van der Waals surface area contributed by atoms with Crippen molar-refractivity contribution in [1.29, 1.82) is 0 Å². The molecule has 2 fully saturated rings. The number of thiophene rings is 1. The van der Waals surface area contributed by atoms with Crippen LogP contribution in [0, 0.1) is 13.8 Å². The summed E-state index contributed by atoms with van der Waals surface area (Å²) in [5.74, 6) is 0.0124. The van der Waals surface area contributed by atoms with Gasteiger partial charge in [0.05, 0.1) is 29.3 Å². The van der Waals surface area contributed by atoms with Crippen molar-refractivity contribution in [3.63, 3.8) is 0 Å². The van der Waals surface area contributed by atoms with Crippen LogP contribution < -0.4 is 0 Å². The average Bonchev–Trinajstić information content (AvgIpc) is 3.37. The first kappa shape index (κ1) is 27.3. The molecule has 1 aromatic carbocycles. The molecule has 37 heavy (non-hydrogen) atoms. The number of halogens is 6. The number of piperazine rings is 1. The lowest BCUT2D eigenvalue weighted by atomic mass is 9.96. The van der Waals surface area contributed by atoms with E-state index in [-0.39, 0.29) is 30.1 Å². The Balaban J connectivity index is 1.69. The number of aryl methyl sites for hydroxylation is 1. The Morgan fingerprint density at radius 3 is 2.16 bits per heavy atom. The molecule has 0 bridgehead atoms. The number of nitrogens with zero attached hydrogens (tertiary/aromatic N) is 3. The first-order valence-electron chi connectivity index (χ1n) is 11.8. The lowest BCUT2D eigenvalue weighted by molar-refractivity contribution is -0.143. The third-order valence-electron chi connectivity index (χ3n) is 7.47. The summed E-state index contributed by atoms with van der Waals surface area (Å²) in [7, 11) is 1.37. The first-order valence-corrected chi connectivity index (χ1v) is 12.7. The normalized spacial score (nSPS) is 21.3. The van der Waals surface area contributed by atoms with E-state index in [2.05, 4.69) is 0 Å². The van der Waals surface area contributed by atoms with Crippen molar-refractivity contribution in [3.05, 3.63) is 56.3 Å². The summed E-state index contributed by atoms with van der Waals surface area (Å²) in [6, 6.07) is -0.904. The molecular weight excluding hydrogens is 520 g/mol. The highest BCUT2D eigenvalue weighted by Crippen LogP contribution is 2.43. The molecule has 3 heterocycles. The van der Waals surface area contributed by atoms with Crippen LogP contribution in [0.2, 0.25) is 0 Å². The van der Waals surface area contributed by atoms with Crippen molar-refractivity contribution in [1.82, 2.24) is 14.7 Å². The summed E-state index contributed by atoms with van der Waals surface area (Å²) in [5, 5.41) is 1.97. The number of amides is 3. The van der Waals surface area contributed by atoms with Crippen molar-refractivity contribution in [2.45, 2.75) is 64.1 Å². The van der Waals surface area contributed by atoms with Gasteiger partial charge in [0, 0.05) is 31.4 Å². The average molecular weight is 548 g/mol. The fourth-order valence-electron chi connectivity index (χ4n) is 5.09. The molecule has 3 atom stereocenters. The van der Waals surface area contributed by atoms with Crippen LogP contribution in [-0.4, -0.2) is 52.8 Å². The summed E-state index contributed by atoms with van der Waals surface area (Å²) in [4.78, 5) is 31.7. The number of fused-ring (bicyclic) bond motifs is 1. The minimum absolute atomic E-state index is 0.0124. The Labute approximate surface area is 214 Å². The maximum atomic E-state index is 13.8. The van der Waals surface area contributed by atoms with Crippen LogP contribution in [0.1, 0.15) is 64.5 Å². The van der Waals surface area contributed by atoms with Crippen LogP contribution in [0.5, 0.6) is 0 Å². The predicted octanol–water partition coefficient (Wildman–Crippen LogP) is 6.56.